The number of aromatic nitrogens is 3. The number of nitrogens with two attached hydrogens (primary N) is 1. The fourth-order valence-electron chi connectivity index (χ4n) is 1.13. The van der Waals surface area contributed by atoms with Gasteiger partial charge < -0.3 is 5.73 Å². The molecule has 0 fully saturated rings. The van der Waals surface area contributed by atoms with E-state index in [2.05, 4.69) is 10.1 Å². The molecule has 0 saturated heterocycles. The summed E-state index contributed by atoms with van der Waals surface area (Å²) in [6.45, 7) is 1.97. The fraction of sp³-hybridized carbons (Fsp3) is 0.111. The van der Waals surface area contributed by atoms with Gasteiger partial charge in [0.25, 0.3) is 0 Å². The van der Waals surface area contributed by atoms with Gasteiger partial charge in [0.1, 0.15) is 0 Å². The largest absolute Gasteiger partial charge is 0.396 e. The standard InChI is InChI=1S/C9H10N4/c1-7-5-12-13(6-7)9-8(10)3-2-4-11-9/h2-6H,10H2,1H3. The van der Waals surface area contributed by atoms with Crippen molar-refractivity contribution >= 4 is 5.69 Å². The molecule has 0 saturated carbocycles. The molecule has 2 aromatic heterocycles. The highest BCUT2D eigenvalue weighted by Crippen LogP contribution is 2.12. The zero-order chi connectivity index (χ0) is 9.26. The first-order valence-corrected chi connectivity index (χ1v) is 3.99. The summed E-state index contributed by atoms with van der Waals surface area (Å²) >= 11 is 0. The van der Waals surface area contributed by atoms with Gasteiger partial charge in [-0.2, -0.15) is 5.10 Å². The maximum atomic E-state index is 5.74. The summed E-state index contributed by atoms with van der Waals surface area (Å²) < 4.78 is 1.67. The molecule has 2 N–H and O–H groups in total. The van der Waals surface area contributed by atoms with Gasteiger partial charge in [0.2, 0.25) is 0 Å². The first kappa shape index (κ1) is 7.79. The van der Waals surface area contributed by atoms with Gasteiger partial charge in [0, 0.05) is 12.4 Å². The molecule has 4 heteroatoms. The third kappa shape index (κ3) is 1.38. The maximum absolute atomic E-state index is 5.74. The van der Waals surface area contributed by atoms with Crippen LogP contribution in [0.2, 0.25) is 0 Å². The van der Waals surface area contributed by atoms with Crippen LogP contribution >= 0.6 is 0 Å². The maximum Gasteiger partial charge on any atom is 0.176 e. The summed E-state index contributed by atoms with van der Waals surface area (Å²) in [7, 11) is 0. The van der Waals surface area contributed by atoms with Crippen LogP contribution in [0.25, 0.3) is 5.82 Å². The minimum absolute atomic E-state index is 0.630. The number of pyridine rings is 1. The van der Waals surface area contributed by atoms with Crippen LogP contribution in [-0.2, 0) is 0 Å². The van der Waals surface area contributed by atoms with Gasteiger partial charge in [0.15, 0.2) is 5.82 Å². The van der Waals surface area contributed by atoms with Gasteiger partial charge in [0.05, 0.1) is 11.9 Å². The fourth-order valence-corrected chi connectivity index (χ4v) is 1.13. The van der Waals surface area contributed by atoms with E-state index in [1.165, 1.54) is 0 Å². The Morgan fingerprint density at radius 3 is 2.92 bits per heavy atom. The molecule has 0 aliphatic rings. The summed E-state index contributed by atoms with van der Waals surface area (Å²) in [4.78, 5) is 4.14. The van der Waals surface area contributed by atoms with E-state index >= 15 is 0 Å². The number of hydrogen-bond acceptors (Lipinski definition) is 3. The Morgan fingerprint density at radius 2 is 2.31 bits per heavy atom. The Morgan fingerprint density at radius 1 is 1.46 bits per heavy atom. The van der Waals surface area contributed by atoms with E-state index in [9.17, 15) is 0 Å². The number of hydrogen-bond donors (Lipinski definition) is 1. The predicted octanol–water partition coefficient (Wildman–Crippen LogP) is 1.16. The van der Waals surface area contributed by atoms with E-state index in [4.69, 9.17) is 5.73 Å². The Labute approximate surface area is 76.0 Å². The lowest BCUT2D eigenvalue weighted by Gasteiger charge is -2.02. The predicted molar refractivity (Wildman–Crippen MR) is 50.5 cm³/mol. The highest BCUT2D eigenvalue weighted by molar-refractivity contribution is 5.51. The minimum atomic E-state index is 0.630. The third-order valence-electron chi connectivity index (χ3n) is 1.75. The number of aryl methyl sites for hydroxylation is 1. The van der Waals surface area contributed by atoms with Gasteiger partial charge in [-0.1, -0.05) is 0 Å². The van der Waals surface area contributed by atoms with Crippen molar-refractivity contribution in [1.29, 1.82) is 0 Å². The van der Waals surface area contributed by atoms with E-state index in [0.717, 1.165) is 5.56 Å². The molecular weight excluding hydrogens is 164 g/mol. The molecule has 66 valence electrons. The molecule has 0 radical (unpaired) electrons. The van der Waals surface area contributed by atoms with E-state index in [-0.39, 0.29) is 0 Å². The summed E-state index contributed by atoms with van der Waals surface area (Å²) in [6.07, 6.45) is 5.36. The SMILES string of the molecule is Cc1cnn(-c2ncccc2N)c1. The van der Waals surface area contributed by atoms with Gasteiger partial charge in [-0.15, -0.1) is 0 Å². The molecule has 2 heterocycles. The van der Waals surface area contributed by atoms with Gasteiger partial charge in [-0.3, -0.25) is 0 Å². The zero-order valence-corrected chi connectivity index (χ0v) is 7.31. The molecule has 0 amide bonds. The molecule has 0 atom stereocenters. The van der Waals surface area contributed by atoms with Crippen LogP contribution in [0.3, 0.4) is 0 Å². The average Bonchev–Trinajstić information content (AvgIpc) is 2.53. The normalized spacial score (nSPS) is 10.2. The van der Waals surface area contributed by atoms with Crippen molar-refractivity contribution in [3.63, 3.8) is 0 Å². The van der Waals surface area contributed by atoms with Crippen molar-refractivity contribution in [2.45, 2.75) is 6.92 Å². The van der Waals surface area contributed by atoms with Crippen molar-refractivity contribution in [1.82, 2.24) is 14.8 Å². The topological polar surface area (TPSA) is 56.7 Å². The molecule has 13 heavy (non-hydrogen) atoms. The first-order chi connectivity index (χ1) is 6.27. The number of nitrogen functional groups attached to an aromatic ring is 1. The summed E-state index contributed by atoms with van der Waals surface area (Å²) in [5, 5.41) is 4.12. The van der Waals surface area contributed by atoms with E-state index < -0.39 is 0 Å². The van der Waals surface area contributed by atoms with Crippen LogP contribution in [0.1, 0.15) is 5.56 Å². The van der Waals surface area contributed by atoms with E-state index in [1.54, 1.807) is 29.2 Å². The Balaban J connectivity index is 2.52. The number of rotatable bonds is 1. The Hall–Kier alpha value is -1.84. The monoisotopic (exact) mass is 174 g/mol. The molecule has 0 aliphatic carbocycles. The second-order valence-electron chi connectivity index (χ2n) is 2.88. The quantitative estimate of drug-likeness (QED) is 0.705. The second kappa shape index (κ2) is 2.90. The summed E-state index contributed by atoms with van der Waals surface area (Å²) in [5.41, 5.74) is 7.46. The molecule has 0 unspecified atom stereocenters. The van der Waals surface area contributed by atoms with Crippen LogP contribution in [-0.4, -0.2) is 14.8 Å². The smallest absolute Gasteiger partial charge is 0.176 e. The van der Waals surface area contributed by atoms with Crippen molar-refractivity contribution in [2.75, 3.05) is 5.73 Å². The molecule has 0 bridgehead atoms. The summed E-state index contributed by atoms with van der Waals surface area (Å²) in [5.74, 6) is 0.676. The minimum Gasteiger partial charge on any atom is -0.396 e. The molecule has 0 aromatic carbocycles. The summed E-state index contributed by atoms with van der Waals surface area (Å²) in [6, 6.07) is 3.61. The highest BCUT2D eigenvalue weighted by atomic mass is 15.3. The van der Waals surface area contributed by atoms with Crippen LogP contribution in [0.5, 0.6) is 0 Å². The first-order valence-electron chi connectivity index (χ1n) is 3.99. The third-order valence-corrected chi connectivity index (χ3v) is 1.75. The number of nitrogens with zero attached hydrogens (tertiary/aromatic N) is 3. The van der Waals surface area contributed by atoms with Crippen molar-refractivity contribution in [2.24, 2.45) is 0 Å². The molecule has 0 spiro atoms. The van der Waals surface area contributed by atoms with Crippen LogP contribution < -0.4 is 5.73 Å². The molecular formula is C9H10N4. The number of anilines is 1. The lowest BCUT2D eigenvalue weighted by atomic mass is 10.4. The lowest BCUT2D eigenvalue weighted by Crippen LogP contribution is -2.02. The van der Waals surface area contributed by atoms with Crippen LogP contribution in [0, 0.1) is 6.92 Å². The Kier molecular flexibility index (Phi) is 1.73. The molecule has 0 aliphatic heterocycles. The molecule has 2 aromatic rings. The average molecular weight is 174 g/mol. The molecule has 4 nitrogen and oxygen atoms in total. The highest BCUT2D eigenvalue weighted by Gasteiger charge is 2.02. The van der Waals surface area contributed by atoms with Crippen molar-refractivity contribution in [3.8, 4) is 5.82 Å². The van der Waals surface area contributed by atoms with Crippen molar-refractivity contribution < 1.29 is 0 Å². The molecule has 2 rings (SSSR count). The van der Waals surface area contributed by atoms with Crippen molar-refractivity contribution in [3.05, 3.63) is 36.3 Å². The zero-order valence-electron chi connectivity index (χ0n) is 7.31. The van der Waals surface area contributed by atoms with Crippen LogP contribution in [0.15, 0.2) is 30.7 Å². The van der Waals surface area contributed by atoms with Crippen LogP contribution in [0.4, 0.5) is 5.69 Å². The van der Waals surface area contributed by atoms with Gasteiger partial charge in [-0.05, 0) is 24.6 Å². The van der Waals surface area contributed by atoms with Gasteiger partial charge >= 0.3 is 0 Å². The van der Waals surface area contributed by atoms with E-state index in [0.29, 0.717) is 11.5 Å². The Bertz CT molecular complexity index is 419. The van der Waals surface area contributed by atoms with E-state index in [1.807, 2.05) is 13.1 Å². The second-order valence-corrected chi connectivity index (χ2v) is 2.88. The van der Waals surface area contributed by atoms with Gasteiger partial charge in [-0.25, -0.2) is 9.67 Å². The lowest BCUT2D eigenvalue weighted by molar-refractivity contribution is 0.849.